The molecule has 0 atom stereocenters. The standard InChI is InChI=1S/C6H5IS.Na/c7-5-3-1-2-4-6(5)8;/h1-4,8H;/q;+1/p-1. The van der Waals surface area contributed by atoms with Crippen molar-refractivity contribution in [2.24, 2.45) is 0 Å². The molecule has 0 spiro atoms. The van der Waals surface area contributed by atoms with Crippen molar-refractivity contribution in [2.75, 3.05) is 0 Å². The first-order valence-electron chi connectivity index (χ1n) is 2.22. The molecular formula is C6H4INaS. The fourth-order valence-electron chi connectivity index (χ4n) is 0.445. The summed E-state index contributed by atoms with van der Waals surface area (Å²) in [7, 11) is 0. The van der Waals surface area contributed by atoms with Gasteiger partial charge in [-0.15, -0.1) is 0 Å². The molecule has 42 valence electrons. The Morgan fingerprint density at radius 2 is 1.78 bits per heavy atom. The summed E-state index contributed by atoms with van der Waals surface area (Å²) in [5.41, 5.74) is 0. The van der Waals surface area contributed by atoms with Crippen molar-refractivity contribution in [3.63, 3.8) is 0 Å². The maximum atomic E-state index is 4.95. The van der Waals surface area contributed by atoms with Crippen molar-refractivity contribution >= 4 is 35.2 Å². The van der Waals surface area contributed by atoms with E-state index in [2.05, 4.69) is 22.6 Å². The van der Waals surface area contributed by atoms with Gasteiger partial charge in [0.05, 0.1) is 0 Å². The fraction of sp³-hybridized carbons (Fsp3) is 0. The molecule has 0 amide bonds. The predicted octanol–water partition coefficient (Wildman–Crippen LogP) is -0.799. The summed E-state index contributed by atoms with van der Waals surface area (Å²) in [4.78, 5) is 0.938. The van der Waals surface area contributed by atoms with Crippen LogP contribution in [0.15, 0.2) is 29.2 Å². The summed E-state index contributed by atoms with van der Waals surface area (Å²) in [5.74, 6) is 0. The Labute approximate surface area is 96.3 Å². The molecule has 0 saturated carbocycles. The second-order valence-electron chi connectivity index (χ2n) is 1.43. The van der Waals surface area contributed by atoms with Crippen LogP contribution in [0.5, 0.6) is 0 Å². The van der Waals surface area contributed by atoms with Crippen LogP contribution in [-0.4, -0.2) is 0 Å². The van der Waals surface area contributed by atoms with Crippen LogP contribution in [0.2, 0.25) is 0 Å². The average molecular weight is 258 g/mol. The molecule has 1 aromatic rings. The van der Waals surface area contributed by atoms with Gasteiger partial charge in [0.25, 0.3) is 0 Å². The molecule has 0 nitrogen and oxygen atoms in total. The van der Waals surface area contributed by atoms with Crippen LogP contribution in [0.4, 0.5) is 0 Å². The second-order valence-corrected chi connectivity index (χ2v) is 3.03. The van der Waals surface area contributed by atoms with Crippen LogP contribution >= 0.6 is 22.6 Å². The molecule has 0 radical (unpaired) electrons. The third kappa shape index (κ3) is 3.18. The van der Waals surface area contributed by atoms with E-state index in [1.54, 1.807) is 0 Å². The quantitative estimate of drug-likeness (QED) is 0.333. The molecule has 0 bridgehead atoms. The summed E-state index contributed by atoms with van der Waals surface area (Å²) in [5, 5.41) is 0. The molecule has 0 fully saturated rings. The maximum Gasteiger partial charge on any atom is 1.00 e. The topological polar surface area (TPSA) is 0 Å². The third-order valence-electron chi connectivity index (χ3n) is 0.837. The summed E-state index contributed by atoms with van der Waals surface area (Å²) in [6, 6.07) is 7.86. The van der Waals surface area contributed by atoms with Gasteiger partial charge in [0.15, 0.2) is 0 Å². The summed E-state index contributed by atoms with van der Waals surface area (Å²) >= 11 is 7.17. The fourth-order valence-corrected chi connectivity index (χ4v) is 0.979. The molecule has 0 saturated heterocycles. The van der Waals surface area contributed by atoms with Crippen molar-refractivity contribution in [1.29, 1.82) is 0 Å². The normalized spacial score (nSPS) is 8.11. The number of hydrogen-bond acceptors (Lipinski definition) is 1. The molecule has 1 aromatic carbocycles. The Bertz CT molecular complexity index is 169. The van der Waals surface area contributed by atoms with Crippen LogP contribution in [0, 0.1) is 3.57 Å². The SMILES string of the molecule is [Na+].[S-]c1ccccc1I. The Kier molecular flexibility index (Phi) is 5.54. The molecule has 9 heavy (non-hydrogen) atoms. The Hall–Kier alpha value is 1.17. The first kappa shape index (κ1) is 10.2. The minimum absolute atomic E-state index is 0. The van der Waals surface area contributed by atoms with E-state index in [1.807, 2.05) is 24.3 Å². The predicted molar refractivity (Wildman–Crippen MR) is 44.8 cm³/mol. The monoisotopic (exact) mass is 258 g/mol. The van der Waals surface area contributed by atoms with E-state index in [1.165, 1.54) is 0 Å². The zero-order valence-electron chi connectivity index (χ0n) is 5.10. The molecule has 0 unspecified atom stereocenters. The number of hydrogen-bond donors (Lipinski definition) is 0. The van der Waals surface area contributed by atoms with Crippen LogP contribution < -0.4 is 29.6 Å². The van der Waals surface area contributed by atoms with E-state index in [0.717, 1.165) is 8.47 Å². The first-order chi connectivity index (χ1) is 3.80. The smallest absolute Gasteiger partial charge is 0.779 e. The van der Waals surface area contributed by atoms with Crippen LogP contribution in [-0.2, 0) is 12.6 Å². The first-order valence-corrected chi connectivity index (χ1v) is 3.71. The van der Waals surface area contributed by atoms with Crippen LogP contribution in [0.25, 0.3) is 0 Å². The van der Waals surface area contributed by atoms with Gasteiger partial charge in [-0.3, -0.25) is 0 Å². The number of rotatable bonds is 0. The summed E-state index contributed by atoms with van der Waals surface area (Å²) < 4.78 is 1.15. The molecule has 0 aliphatic carbocycles. The van der Waals surface area contributed by atoms with Gasteiger partial charge in [-0.25, -0.2) is 0 Å². The van der Waals surface area contributed by atoms with Gasteiger partial charge in [-0.1, -0.05) is 24.3 Å². The van der Waals surface area contributed by atoms with Crippen LogP contribution in [0.1, 0.15) is 0 Å². The van der Waals surface area contributed by atoms with Gasteiger partial charge >= 0.3 is 29.6 Å². The molecular weight excluding hydrogens is 254 g/mol. The van der Waals surface area contributed by atoms with E-state index in [9.17, 15) is 0 Å². The Balaban J connectivity index is 0.000000640. The van der Waals surface area contributed by atoms with Crippen molar-refractivity contribution < 1.29 is 29.6 Å². The average Bonchev–Trinajstić information content (AvgIpc) is 1.77. The van der Waals surface area contributed by atoms with Gasteiger partial charge in [-0.2, -0.15) is 4.90 Å². The molecule has 0 aliphatic rings. The largest absolute Gasteiger partial charge is 1.00 e. The van der Waals surface area contributed by atoms with Crippen molar-refractivity contribution in [2.45, 2.75) is 4.90 Å². The number of halogens is 1. The van der Waals surface area contributed by atoms with Gasteiger partial charge in [-0.05, 0) is 26.2 Å². The zero-order valence-corrected chi connectivity index (χ0v) is 10.1. The summed E-state index contributed by atoms with van der Waals surface area (Å²) in [6.07, 6.45) is 0. The zero-order chi connectivity index (χ0) is 5.98. The van der Waals surface area contributed by atoms with E-state index < -0.39 is 0 Å². The minimum Gasteiger partial charge on any atom is -0.779 e. The summed E-state index contributed by atoms with van der Waals surface area (Å²) in [6.45, 7) is 0. The van der Waals surface area contributed by atoms with Crippen molar-refractivity contribution in [1.82, 2.24) is 0 Å². The van der Waals surface area contributed by atoms with E-state index in [-0.39, 0.29) is 29.6 Å². The van der Waals surface area contributed by atoms with E-state index in [4.69, 9.17) is 12.6 Å². The second kappa shape index (κ2) is 4.91. The molecule has 0 aromatic heterocycles. The van der Waals surface area contributed by atoms with Crippen molar-refractivity contribution in [3.8, 4) is 0 Å². The molecule has 1 rings (SSSR count). The minimum atomic E-state index is 0. The van der Waals surface area contributed by atoms with E-state index in [0.29, 0.717) is 0 Å². The maximum absolute atomic E-state index is 4.95. The van der Waals surface area contributed by atoms with Gasteiger partial charge < -0.3 is 12.6 Å². The van der Waals surface area contributed by atoms with Gasteiger partial charge in [0.1, 0.15) is 0 Å². The molecule has 0 heterocycles. The Morgan fingerprint density at radius 1 is 1.22 bits per heavy atom. The molecule has 3 heteroatoms. The Morgan fingerprint density at radius 3 is 2.11 bits per heavy atom. The van der Waals surface area contributed by atoms with Gasteiger partial charge in [0, 0.05) is 0 Å². The van der Waals surface area contributed by atoms with Crippen molar-refractivity contribution in [3.05, 3.63) is 27.8 Å². The molecule has 0 aliphatic heterocycles. The molecule has 0 N–H and O–H groups in total. The van der Waals surface area contributed by atoms with Gasteiger partial charge in [0.2, 0.25) is 0 Å². The van der Waals surface area contributed by atoms with Crippen LogP contribution in [0.3, 0.4) is 0 Å². The third-order valence-corrected chi connectivity index (χ3v) is 2.50. The van der Waals surface area contributed by atoms with E-state index >= 15 is 0 Å². The number of benzene rings is 1.